The monoisotopic (exact) mass is 261 g/mol. The van der Waals surface area contributed by atoms with Crippen molar-refractivity contribution in [2.24, 2.45) is 0 Å². The Bertz CT molecular complexity index is 365. The summed E-state index contributed by atoms with van der Waals surface area (Å²) in [6.07, 6.45) is 0.969. The van der Waals surface area contributed by atoms with Crippen LogP contribution in [0.2, 0.25) is 0 Å². The minimum atomic E-state index is -0.848. The maximum absolute atomic E-state index is 10.4. The van der Waals surface area contributed by atoms with Gasteiger partial charge in [-0.3, -0.25) is 4.79 Å². The number of nitrogens with zero attached hydrogens (tertiary/aromatic N) is 2. The van der Waals surface area contributed by atoms with Crippen molar-refractivity contribution in [3.8, 4) is 0 Å². The number of ether oxygens (including phenoxy) is 1. The van der Waals surface area contributed by atoms with Gasteiger partial charge in [0.05, 0.1) is 18.4 Å². The van der Waals surface area contributed by atoms with Crippen molar-refractivity contribution in [1.82, 2.24) is 10.2 Å². The first-order valence-corrected chi connectivity index (χ1v) is 6.56. The van der Waals surface area contributed by atoms with Gasteiger partial charge in [0.2, 0.25) is 5.13 Å². The van der Waals surface area contributed by atoms with E-state index in [-0.39, 0.29) is 5.75 Å². The molecule has 16 heavy (non-hydrogen) atoms. The molecule has 0 radical (unpaired) electrons. The van der Waals surface area contributed by atoms with Crippen LogP contribution in [0.3, 0.4) is 0 Å². The summed E-state index contributed by atoms with van der Waals surface area (Å²) in [7, 11) is 0. The van der Waals surface area contributed by atoms with Crippen molar-refractivity contribution in [2.75, 3.05) is 24.3 Å². The Morgan fingerprint density at radius 3 is 3.25 bits per heavy atom. The Labute approximate surface area is 100 Å². The lowest BCUT2D eigenvalue weighted by Gasteiger charge is -2.06. The maximum atomic E-state index is 10.4. The average Bonchev–Trinajstić information content (AvgIpc) is 2.87. The average molecular weight is 261 g/mol. The number of nitrogens with one attached hydrogen (secondary N) is 1. The zero-order chi connectivity index (χ0) is 11.4. The summed E-state index contributed by atoms with van der Waals surface area (Å²) < 4.78 is 5.90. The van der Waals surface area contributed by atoms with Gasteiger partial charge in [-0.15, -0.1) is 10.2 Å². The van der Waals surface area contributed by atoms with E-state index in [1.165, 1.54) is 23.1 Å². The highest BCUT2D eigenvalue weighted by atomic mass is 32.2. The van der Waals surface area contributed by atoms with Crippen LogP contribution in [-0.4, -0.2) is 46.3 Å². The van der Waals surface area contributed by atoms with E-state index in [1.54, 1.807) is 0 Å². The zero-order valence-corrected chi connectivity index (χ0v) is 10.0. The minimum absolute atomic E-state index is 0.0151. The summed E-state index contributed by atoms with van der Waals surface area (Å²) in [5.41, 5.74) is 0. The number of carboxylic acid groups (broad SMARTS) is 1. The Morgan fingerprint density at radius 2 is 2.56 bits per heavy atom. The summed E-state index contributed by atoms with van der Waals surface area (Å²) >= 11 is 2.55. The fourth-order valence-electron chi connectivity index (χ4n) is 1.27. The molecule has 1 fully saturated rings. The first kappa shape index (κ1) is 11.6. The van der Waals surface area contributed by atoms with Crippen LogP contribution in [0.5, 0.6) is 0 Å². The fourth-order valence-corrected chi connectivity index (χ4v) is 2.82. The van der Waals surface area contributed by atoms with E-state index in [1.807, 2.05) is 0 Å². The molecule has 1 aliphatic heterocycles. The minimum Gasteiger partial charge on any atom is -0.481 e. The van der Waals surface area contributed by atoms with Crippen LogP contribution in [0, 0.1) is 0 Å². The largest absolute Gasteiger partial charge is 0.481 e. The molecule has 2 rings (SSSR count). The maximum Gasteiger partial charge on any atom is 0.313 e. The summed E-state index contributed by atoms with van der Waals surface area (Å²) in [6.45, 7) is 1.47. The van der Waals surface area contributed by atoms with E-state index < -0.39 is 5.97 Å². The van der Waals surface area contributed by atoms with Gasteiger partial charge in [0.1, 0.15) is 0 Å². The quantitative estimate of drug-likeness (QED) is 0.762. The van der Waals surface area contributed by atoms with E-state index >= 15 is 0 Å². The molecule has 0 spiro atoms. The summed E-state index contributed by atoms with van der Waals surface area (Å²) in [5, 5.41) is 20.3. The number of rotatable bonds is 5. The molecule has 6 nitrogen and oxygen atoms in total. The SMILES string of the molecule is O=C(O)CSc1nnc(NC2CCOC2)s1. The third-order valence-corrected chi connectivity index (χ3v) is 3.96. The van der Waals surface area contributed by atoms with E-state index in [2.05, 4.69) is 15.5 Å². The molecule has 2 heterocycles. The molecule has 0 saturated carbocycles. The van der Waals surface area contributed by atoms with Gasteiger partial charge in [0.25, 0.3) is 0 Å². The van der Waals surface area contributed by atoms with Gasteiger partial charge in [-0.2, -0.15) is 0 Å². The van der Waals surface area contributed by atoms with Crippen molar-refractivity contribution in [3.05, 3.63) is 0 Å². The topological polar surface area (TPSA) is 84.3 Å². The number of hydrogen-bond acceptors (Lipinski definition) is 7. The van der Waals surface area contributed by atoms with Crippen LogP contribution < -0.4 is 5.32 Å². The number of anilines is 1. The van der Waals surface area contributed by atoms with Crippen LogP contribution in [0.1, 0.15) is 6.42 Å². The highest BCUT2D eigenvalue weighted by Crippen LogP contribution is 2.26. The molecule has 1 aromatic rings. The molecular formula is C8H11N3O3S2. The van der Waals surface area contributed by atoms with Gasteiger partial charge in [0, 0.05) is 6.61 Å². The van der Waals surface area contributed by atoms with E-state index in [0.717, 1.165) is 18.2 Å². The molecule has 0 aromatic carbocycles. The molecule has 8 heteroatoms. The van der Waals surface area contributed by atoms with Gasteiger partial charge in [-0.25, -0.2) is 0 Å². The number of thioether (sulfide) groups is 1. The van der Waals surface area contributed by atoms with Crippen molar-refractivity contribution in [1.29, 1.82) is 0 Å². The van der Waals surface area contributed by atoms with Crippen LogP contribution in [0.4, 0.5) is 5.13 Å². The molecule has 88 valence electrons. The fraction of sp³-hybridized carbons (Fsp3) is 0.625. The Hall–Kier alpha value is -0.860. The van der Waals surface area contributed by atoms with Crippen molar-refractivity contribution in [2.45, 2.75) is 16.8 Å². The second-order valence-corrected chi connectivity index (χ2v) is 5.46. The molecule has 1 aromatic heterocycles. The first-order valence-electron chi connectivity index (χ1n) is 4.76. The predicted octanol–water partition coefficient (Wildman–Crippen LogP) is 0.916. The van der Waals surface area contributed by atoms with Crippen molar-refractivity contribution < 1.29 is 14.6 Å². The van der Waals surface area contributed by atoms with Crippen molar-refractivity contribution in [3.63, 3.8) is 0 Å². The molecule has 1 aliphatic rings. The van der Waals surface area contributed by atoms with Gasteiger partial charge in [-0.1, -0.05) is 23.1 Å². The smallest absolute Gasteiger partial charge is 0.313 e. The number of carboxylic acids is 1. The molecule has 0 amide bonds. The summed E-state index contributed by atoms with van der Waals surface area (Å²) in [4.78, 5) is 10.4. The Morgan fingerprint density at radius 1 is 1.69 bits per heavy atom. The normalized spacial score (nSPS) is 19.9. The summed E-state index contributed by atoms with van der Waals surface area (Å²) in [6, 6.07) is 0.297. The van der Waals surface area contributed by atoms with Gasteiger partial charge in [-0.05, 0) is 6.42 Å². The zero-order valence-electron chi connectivity index (χ0n) is 8.38. The second kappa shape index (κ2) is 5.46. The van der Waals surface area contributed by atoms with Gasteiger partial charge in [0.15, 0.2) is 4.34 Å². The molecule has 0 bridgehead atoms. The highest BCUT2D eigenvalue weighted by Gasteiger charge is 2.17. The van der Waals surface area contributed by atoms with E-state index in [0.29, 0.717) is 17.0 Å². The van der Waals surface area contributed by atoms with E-state index in [4.69, 9.17) is 9.84 Å². The lowest BCUT2D eigenvalue weighted by atomic mass is 10.3. The molecule has 2 N–H and O–H groups in total. The molecule has 0 aliphatic carbocycles. The lowest BCUT2D eigenvalue weighted by Crippen LogP contribution is -2.18. The Kier molecular flexibility index (Phi) is 3.97. The molecule has 1 unspecified atom stereocenters. The van der Waals surface area contributed by atoms with Crippen LogP contribution in [-0.2, 0) is 9.53 Å². The predicted molar refractivity (Wildman–Crippen MR) is 61.1 cm³/mol. The highest BCUT2D eigenvalue weighted by molar-refractivity contribution is 8.01. The molecule has 1 saturated heterocycles. The number of hydrogen-bond donors (Lipinski definition) is 2. The van der Waals surface area contributed by atoms with Crippen LogP contribution in [0.15, 0.2) is 4.34 Å². The first-order chi connectivity index (χ1) is 7.74. The Balaban J connectivity index is 1.84. The third-order valence-electron chi connectivity index (χ3n) is 1.98. The number of aliphatic carboxylic acids is 1. The van der Waals surface area contributed by atoms with Crippen LogP contribution >= 0.6 is 23.1 Å². The molecule has 1 atom stereocenters. The second-order valence-electron chi connectivity index (χ2n) is 3.26. The lowest BCUT2D eigenvalue weighted by molar-refractivity contribution is -0.133. The standard InChI is InChI=1S/C8H11N3O3S2/c12-6(13)4-15-8-11-10-7(16-8)9-5-1-2-14-3-5/h5H,1-4H2,(H,9,10)(H,12,13). The molecular weight excluding hydrogens is 250 g/mol. The summed E-state index contributed by atoms with van der Waals surface area (Å²) in [5.74, 6) is -0.833. The van der Waals surface area contributed by atoms with E-state index in [9.17, 15) is 4.79 Å². The van der Waals surface area contributed by atoms with Crippen LogP contribution in [0.25, 0.3) is 0 Å². The number of aromatic nitrogens is 2. The third kappa shape index (κ3) is 3.32. The van der Waals surface area contributed by atoms with Gasteiger partial charge < -0.3 is 15.2 Å². The number of carbonyl (C=O) groups is 1. The van der Waals surface area contributed by atoms with Crippen molar-refractivity contribution >= 4 is 34.2 Å². The van der Waals surface area contributed by atoms with Gasteiger partial charge >= 0.3 is 5.97 Å².